The highest BCUT2D eigenvalue weighted by atomic mass is 32.2. The van der Waals surface area contributed by atoms with Crippen molar-refractivity contribution in [3.63, 3.8) is 0 Å². The van der Waals surface area contributed by atoms with Crippen LogP contribution < -0.4 is 4.72 Å². The van der Waals surface area contributed by atoms with Gasteiger partial charge in [0.15, 0.2) is 0 Å². The second-order valence-corrected chi connectivity index (χ2v) is 10.3. The van der Waals surface area contributed by atoms with Gasteiger partial charge in [-0.3, -0.25) is 4.79 Å². The van der Waals surface area contributed by atoms with Crippen LogP contribution in [0, 0.1) is 0 Å². The van der Waals surface area contributed by atoms with Crippen LogP contribution in [-0.4, -0.2) is 25.0 Å². The zero-order chi connectivity index (χ0) is 20.9. The molecule has 0 aliphatic heterocycles. The number of hydrogen-bond donors (Lipinski definition) is 2. The molecular weight excluding hydrogens is 422 g/mol. The fourth-order valence-corrected chi connectivity index (χ4v) is 6.40. The summed E-state index contributed by atoms with van der Waals surface area (Å²) in [7, 11) is -4.01. The summed E-state index contributed by atoms with van der Waals surface area (Å²) in [6.45, 7) is 0. The smallest absolute Gasteiger partial charge is 0.325 e. The van der Waals surface area contributed by atoms with Crippen LogP contribution in [0.1, 0.15) is 17.9 Å². The van der Waals surface area contributed by atoms with Crippen molar-refractivity contribution in [1.82, 2.24) is 4.72 Å². The first-order chi connectivity index (χ1) is 14.4. The molecule has 0 saturated heterocycles. The third kappa shape index (κ3) is 3.13. The van der Waals surface area contributed by atoms with Crippen molar-refractivity contribution >= 4 is 38.3 Å². The van der Waals surface area contributed by atoms with E-state index in [1.807, 2.05) is 60.7 Å². The predicted molar refractivity (Wildman–Crippen MR) is 114 cm³/mol. The highest BCUT2D eigenvalue weighted by Gasteiger charge is 2.63. The second-order valence-electron chi connectivity index (χ2n) is 7.32. The molecule has 0 bridgehead atoms. The van der Waals surface area contributed by atoms with Gasteiger partial charge in [0.1, 0.15) is 21.1 Å². The summed E-state index contributed by atoms with van der Waals surface area (Å²) < 4.78 is 34.3. The van der Waals surface area contributed by atoms with E-state index in [1.54, 1.807) is 6.07 Å². The van der Waals surface area contributed by atoms with E-state index in [-0.39, 0.29) is 10.6 Å². The number of carbonyl (C=O) groups is 1. The van der Waals surface area contributed by atoms with Crippen molar-refractivity contribution < 1.29 is 22.7 Å². The van der Waals surface area contributed by atoms with Crippen molar-refractivity contribution in [1.29, 1.82) is 0 Å². The average molecular weight is 440 g/mol. The number of hydrogen-bond acceptors (Lipinski definition) is 5. The van der Waals surface area contributed by atoms with Gasteiger partial charge >= 0.3 is 5.97 Å². The number of nitrogens with one attached hydrogen (secondary N) is 1. The Bertz CT molecular complexity index is 1320. The molecule has 2 N–H and O–H groups in total. The van der Waals surface area contributed by atoms with Crippen LogP contribution in [-0.2, 0) is 14.8 Å². The van der Waals surface area contributed by atoms with Gasteiger partial charge in [-0.2, -0.15) is 4.72 Å². The lowest BCUT2D eigenvalue weighted by molar-refractivity contribution is -0.140. The van der Waals surface area contributed by atoms with Crippen molar-refractivity contribution in [2.45, 2.75) is 22.1 Å². The maximum atomic E-state index is 13.0. The SMILES string of the molecule is O=C(O)[C@]1(NS(=O)(=O)c2ccc(-c3cc4ccccc4o3)s2)C[C@@H]1c1ccccc1. The molecule has 1 fully saturated rings. The van der Waals surface area contributed by atoms with Crippen molar-refractivity contribution in [3.05, 3.63) is 78.4 Å². The fraction of sp³-hybridized carbons (Fsp3) is 0.136. The minimum Gasteiger partial charge on any atom is -0.480 e. The summed E-state index contributed by atoms with van der Waals surface area (Å²) in [6.07, 6.45) is 0.216. The van der Waals surface area contributed by atoms with Gasteiger partial charge in [0, 0.05) is 11.3 Å². The van der Waals surface area contributed by atoms with E-state index >= 15 is 0 Å². The maximum Gasteiger partial charge on any atom is 0.325 e. The van der Waals surface area contributed by atoms with Gasteiger partial charge in [-0.1, -0.05) is 48.5 Å². The first kappa shape index (κ1) is 19.0. The van der Waals surface area contributed by atoms with Gasteiger partial charge in [-0.05, 0) is 36.2 Å². The minimum atomic E-state index is -4.01. The summed E-state index contributed by atoms with van der Waals surface area (Å²) >= 11 is 1.05. The molecule has 2 heterocycles. The number of furan rings is 1. The molecule has 0 radical (unpaired) electrons. The molecule has 0 spiro atoms. The summed E-state index contributed by atoms with van der Waals surface area (Å²) in [6, 6.07) is 21.6. The molecule has 0 amide bonds. The summed E-state index contributed by atoms with van der Waals surface area (Å²) in [5.41, 5.74) is -0.00217. The van der Waals surface area contributed by atoms with E-state index in [4.69, 9.17) is 4.42 Å². The van der Waals surface area contributed by atoms with Crippen LogP contribution in [0.3, 0.4) is 0 Å². The molecule has 2 aromatic carbocycles. The van der Waals surface area contributed by atoms with Crippen LogP contribution in [0.25, 0.3) is 21.6 Å². The molecule has 1 aliphatic carbocycles. The van der Waals surface area contributed by atoms with Gasteiger partial charge in [0.05, 0.1) is 4.88 Å². The number of carboxylic acid groups (broad SMARTS) is 1. The molecule has 1 saturated carbocycles. The largest absolute Gasteiger partial charge is 0.480 e. The number of fused-ring (bicyclic) bond motifs is 1. The lowest BCUT2D eigenvalue weighted by atomic mass is 10.1. The van der Waals surface area contributed by atoms with Crippen LogP contribution in [0.2, 0.25) is 0 Å². The van der Waals surface area contributed by atoms with E-state index in [9.17, 15) is 18.3 Å². The highest BCUT2D eigenvalue weighted by molar-refractivity contribution is 7.91. The van der Waals surface area contributed by atoms with E-state index in [0.29, 0.717) is 10.6 Å². The van der Waals surface area contributed by atoms with Crippen LogP contribution >= 0.6 is 11.3 Å². The average Bonchev–Trinajstić information content (AvgIpc) is 3.09. The van der Waals surface area contributed by atoms with Gasteiger partial charge in [0.2, 0.25) is 0 Å². The Morgan fingerprint density at radius 3 is 2.53 bits per heavy atom. The zero-order valence-corrected chi connectivity index (χ0v) is 17.2. The number of thiophene rings is 1. The van der Waals surface area contributed by atoms with E-state index < -0.39 is 27.4 Å². The molecule has 6 nitrogen and oxygen atoms in total. The van der Waals surface area contributed by atoms with E-state index in [1.165, 1.54) is 6.07 Å². The first-order valence-electron chi connectivity index (χ1n) is 9.30. The molecule has 0 unspecified atom stereocenters. The maximum absolute atomic E-state index is 13.0. The van der Waals surface area contributed by atoms with Crippen molar-refractivity contribution in [3.8, 4) is 10.6 Å². The molecule has 5 rings (SSSR count). The Hall–Kier alpha value is -2.94. The number of para-hydroxylation sites is 1. The second kappa shape index (κ2) is 6.80. The van der Waals surface area contributed by atoms with Crippen molar-refractivity contribution in [2.75, 3.05) is 0 Å². The first-order valence-corrected chi connectivity index (χ1v) is 11.6. The Morgan fingerprint density at radius 2 is 1.80 bits per heavy atom. The standard InChI is InChI=1S/C22H17NO5S2/c24-21(25)22(13-16(22)14-6-2-1-3-7-14)23-30(26,27)20-11-10-19(29-20)18-12-15-8-4-5-9-17(15)28-18/h1-12,16,23H,13H2,(H,24,25)/t16-,22+/m1/s1. The number of carboxylic acids is 1. The third-order valence-corrected chi connectivity index (χ3v) is 8.48. The van der Waals surface area contributed by atoms with Crippen LogP contribution in [0.4, 0.5) is 0 Å². The molecule has 4 aromatic rings. The van der Waals surface area contributed by atoms with Crippen molar-refractivity contribution in [2.24, 2.45) is 0 Å². The van der Waals surface area contributed by atoms with Gasteiger partial charge in [0.25, 0.3) is 10.0 Å². The predicted octanol–water partition coefficient (Wildman–Crippen LogP) is 4.45. The molecular formula is C22H17NO5S2. The molecule has 2 atom stereocenters. The Balaban J connectivity index is 1.43. The van der Waals surface area contributed by atoms with Gasteiger partial charge in [-0.15, -0.1) is 11.3 Å². The monoisotopic (exact) mass is 439 g/mol. The van der Waals surface area contributed by atoms with Gasteiger partial charge < -0.3 is 9.52 Å². The highest BCUT2D eigenvalue weighted by Crippen LogP contribution is 2.52. The normalized spacial score (nSPS) is 21.0. The summed E-state index contributed by atoms with van der Waals surface area (Å²) in [5.74, 6) is -1.00. The number of rotatable bonds is 6. The van der Waals surface area contributed by atoms with Crippen LogP contribution in [0.5, 0.6) is 0 Å². The van der Waals surface area contributed by atoms with E-state index in [2.05, 4.69) is 4.72 Å². The Kier molecular flexibility index (Phi) is 4.32. The fourth-order valence-electron chi connectivity index (χ4n) is 3.73. The molecule has 30 heavy (non-hydrogen) atoms. The van der Waals surface area contributed by atoms with Gasteiger partial charge in [-0.25, -0.2) is 8.42 Å². The number of sulfonamides is 1. The zero-order valence-electron chi connectivity index (χ0n) is 15.6. The van der Waals surface area contributed by atoms with E-state index in [0.717, 1.165) is 27.9 Å². The third-order valence-electron chi connectivity index (χ3n) is 5.38. The summed E-state index contributed by atoms with van der Waals surface area (Å²) in [4.78, 5) is 12.6. The van der Waals surface area contributed by atoms with Crippen LogP contribution in [0.15, 0.2) is 81.4 Å². The molecule has 8 heteroatoms. The molecule has 1 aliphatic rings. The summed E-state index contributed by atoms with van der Waals surface area (Å²) in [5, 5.41) is 10.7. The Morgan fingerprint density at radius 1 is 1.07 bits per heavy atom. The number of benzene rings is 2. The minimum absolute atomic E-state index is 0.0530. The molecule has 152 valence electrons. The quantitative estimate of drug-likeness (QED) is 0.463. The molecule has 2 aromatic heterocycles. The lowest BCUT2D eigenvalue weighted by Gasteiger charge is -2.14. The number of aliphatic carboxylic acids is 1. The topological polar surface area (TPSA) is 96.6 Å². The Labute approximate surface area is 176 Å². The lowest BCUT2D eigenvalue weighted by Crippen LogP contribution is -2.44.